The molecule has 2 heterocycles. The van der Waals surface area contributed by atoms with Crippen LogP contribution >= 0.6 is 0 Å². The van der Waals surface area contributed by atoms with E-state index in [4.69, 9.17) is 14.5 Å². The second kappa shape index (κ2) is 7.30. The number of pyridine rings is 1. The quantitative estimate of drug-likeness (QED) is 0.854. The molecule has 1 atom stereocenters. The van der Waals surface area contributed by atoms with Crippen molar-refractivity contribution in [2.75, 3.05) is 20.8 Å². The number of allylic oxidation sites excluding steroid dienone is 1. The Balaban J connectivity index is 2.06. The molecule has 2 aromatic rings. The molecule has 1 aliphatic heterocycles. The van der Waals surface area contributed by atoms with Gasteiger partial charge in [-0.2, -0.15) is 0 Å². The molecule has 1 aliphatic rings. The van der Waals surface area contributed by atoms with Crippen molar-refractivity contribution in [3.8, 4) is 11.5 Å². The molecule has 0 saturated heterocycles. The van der Waals surface area contributed by atoms with E-state index in [1.165, 1.54) is 5.57 Å². The summed E-state index contributed by atoms with van der Waals surface area (Å²) in [5.41, 5.74) is 4.33. The van der Waals surface area contributed by atoms with Crippen molar-refractivity contribution in [1.29, 1.82) is 0 Å². The first kappa shape index (κ1) is 16.2. The molecule has 0 spiro atoms. The highest BCUT2D eigenvalue weighted by Gasteiger charge is 2.21. The minimum absolute atomic E-state index is 0.435. The van der Waals surface area contributed by atoms with Crippen LogP contribution in [0.5, 0.6) is 11.5 Å². The van der Waals surface area contributed by atoms with Gasteiger partial charge in [0.15, 0.2) is 0 Å². The van der Waals surface area contributed by atoms with E-state index >= 15 is 0 Å². The van der Waals surface area contributed by atoms with Gasteiger partial charge in [0.2, 0.25) is 0 Å². The van der Waals surface area contributed by atoms with Crippen molar-refractivity contribution in [2.24, 2.45) is 10.9 Å². The summed E-state index contributed by atoms with van der Waals surface area (Å²) >= 11 is 0. The SMILES string of the molecule is COc1ccc(/C=C2/C(c3cccnc3)=NCC[C@@H]2C)c(OC)c1. The number of benzene rings is 1. The predicted octanol–water partition coefficient (Wildman–Crippen LogP) is 4.01. The summed E-state index contributed by atoms with van der Waals surface area (Å²) in [5.74, 6) is 2.02. The second-order valence-corrected chi connectivity index (χ2v) is 5.87. The Bertz CT molecular complexity index is 766. The third-order valence-electron chi connectivity index (χ3n) is 4.32. The highest BCUT2D eigenvalue weighted by Crippen LogP contribution is 2.31. The monoisotopic (exact) mass is 322 g/mol. The van der Waals surface area contributed by atoms with E-state index in [0.29, 0.717) is 5.92 Å². The molecule has 0 aliphatic carbocycles. The molecule has 0 saturated carbocycles. The van der Waals surface area contributed by atoms with Gasteiger partial charge in [-0.05, 0) is 48.3 Å². The summed E-state index contributed by atoms with van der Waals surface area (Å²) < 4.78 is 10.8. The first-order valence-electron chi connectivity index (χ1n) is 8.11. The molecule has 1 aromatic carbocycles. The Morgan fingerprint density at radius 3 is 2.75 bits per heavy atom. The van der Waals surface area contributed by atoms with Crippen molar-refractivity contribution in [3.63, 3.8) is 0 Å². The van der Waals surface area contributed by atoms with Gasteiger partial charge >= 0.3 is 0 Å². The third-order valence-corrected chi connectivity index (χ3v) is 4.32. The Kier molecular flexibility index (Phi) is 4.94. The van der Waals surface area contributed by atoms with Crippen molar-refractivity contribution in [1.82, 2.24) is 4.98 Å². The number of nitrogens with zero attached hydrogens (tertiary/aromatic N) is 2. The van der Waals surface area contributed by atoms with E-state index in [0.717, 1.165) is 41.3 Å². The van der Waals surface area contributed by atoms with E-state index in [1.54, 1.807) is 20.4 Å². The van der Waals surface area contributed by atoms with Crippen LogP contribution in [0.2, 0.25) is 0 Å². The normalized spacial score (nSPS) is 19.0. The maximum absolute atomic E-state index is 5.53. The zero-order valence-corrected chi connectivity index (χ0v) is 14.3. The largest absolute Gasteiger partial charge is 0.497 e. The second-order valence-electron chi connectivity index (χ2n) is 5.87. The fraction of sp³-hybridized carbons (Fsp3) is 0.300. The number of methoxy groups -OCH3 is 2. The van der Waals surface area contributed by atoms with E-state index < -0.39 is 0 Å². The van der Waals surface area contributed by atoms with Crippen molar-refractivity contribution in [3.05, 3.63) is 59.4 Å². The van der Waals surface area contributed by atoms with Gasteiger partial charge in [-0.1, -0.05) is 6.92 Å². The van der Waals surface area contributed by atoms with E-state index in [2.05, 4.69) is 24.1 Å². The maximum Gasteiger partial charge on any atom is 0.129 e. The summed E-state index contributed by atoms with van der Waals surface area (Å²) in [4.78, 5) is 8.99. The Labute approximate surface area is 142 Å². The lowest BCUT2D eigenvalue weighted by atomic mass is 9.86. The fourth-order valence-corrected chi connectivity index (χ4v) is 2.93. The van der Waals surface area contributed by atoms with Crippen LogP contribution in [0.1, 0.15) is 24.5 Å². The van der Waals surface area contributed by atoms with Gasteiger partial charge in [-0.25, -0.2) is 0 Å². The molecule has 4 nitrogen and oxygen atoms in total. The van der Waals surface area contributed by atoms with Gasteiger partial charge in [0, 0.05) is 36.1 Å². The van der Waals surface area contributed by atoms with Crippen LogP contribution in [0.25, 0.3) is 6.08 Å². The summed E-state index contributed by atoms with van der Waals surface area (Å²) in [7, 11) is 3.33. The predicted molar refractivity (Wildman–Crippen MR) is 96.9 cm³/mol. The lowest BCUT2D eigenvalue weighted by Gasteiger charge is -2.23. The number of hydrogen-bond acceptors (Lipinski definition) is 4. The summed E-state index contributed by atoms with van der Waals surface area (Å²) in [6.45, 7) is 3.09. The van der Waals surface area contributed by atoms with Crippen LogP contribution in [0.15, 0.2) is 53.3 Å². The highest BCUT2D eigenvalue weighted by molar-refractivity contribution is 6.15. The van der Waals surface area contributed by atoms with Crippen LogP contribution in [0, 0.1) is 5.92 Å². The van der Waals surface area contributed by atoms with Gasteiger partial charge in [0.05, 0.1) is 19.9 Å². The maximum atomic E-state index is 5.53. The summed E-state index contributed by atoms with van der Waals surface area (Å²) in [6, 6.07) is 9.88. The van der Waals surface area contributed by atoms with Gasteiger partial charge in [-0.3, -0.25) is 9.98 Å². The molecule has 124 valence electrons. The number of ether oxygens (including phenoxy) is 2. The number of rotatable bonds is 4. The summed E-state index contributed by atoms with van der Waals surface area (Å²) in [6.07, 6.45) is 6.88. The topological polar surface area (TPSA) is 43.7 Å². The minimum Gasteiger partial charge on any atom is -0.497 e. The number of aromatic nitrogens is 1. The van der Waals surface area contributed by atoms with Crippen LogP contribution in [0.3, 0.4) is 0 Å². The average Bonchev–Trinajstić information content (AvgIpc) is 2.64. The van der Waals surface area contributed by atoms with Crippen LogP contribution in [0.4, 0.5) is 0 Å². The van der Waals surface area contributed by atoms with E-state index in [1.807, 2.05) is 30.5 Å². The first-order valence-corrected chi connectivity index (χ1v) is 8.11. The minimum atomic E-state index is 0.435. The molecular formula is C20H22N2O2. The van der Waals surface area contributed by atoms with Gasteiger partial charge in [-0.15, -0.1) is 0 Å². The van der Waals surface area contributed by atoms with Crippen LogP contribution in [-0.2, 0) is 0 Å². The van der Waals surface area contributed by atoms with Gasteiger partial charge in [0.1, 0.15) is 11.5 Å². The molecular weight excluding hydrogens is 300 g/mol. The molecule has 1 aromatic heterocycles. The first-order chi connectivity index (χ1) is 11.7. The van der Waals surface area contributed by atoms with Gasteiger partial charge in [0.25, 0.3) is 0 Å². The average molecular weight is 322 g/mol. The summed E-state index contributed by atoms with van der Waals surface area (Å²) in [5, 5.41) is 0. The Morgan fingerprint density at radius 2 is 2.04 bits per heavy atom. The fourth-order valence-electron chi connectivity index (χ4n) is 2.93. The lowest BCUT2D eigenvalue weighted by Crippen LogP contribution is -2.19. The molecule has 4 heteroatoms. The molecule has 0 amide bonds. The molecule has 0 N–H and O–H groups in total. The van der Waals surface area contributed by atoms with Crippen LogP contribution < -0.4 is 9.47 Å². The number of hydrogen-bond donors (Lipinski definition) is 0. The molecule has 0 fully saturated rings. The number of aliphatic imine (C=N–C) groups is 1. The zero-order valence-electron chi connectivity index (χ0n) is 14.3. The van der Waals surface area contributed by atoms with E-state index in [9.17, 15) is 0 Å². The molecule has 3 rings (SSSR count). The van der Waals surface area contributed by atoms with Gasteiger partial charge < -0.3 is 9.47 Å². The van der Waals surface area contributed by atoms with E-state index in [-0.39, 0.29) is 0 Å². The molecule has 24 heavy (non-hydrogen) atoms. The van der Waals surface area contributed by atoms with Crippen molar-refractivity contribution < 1.29 is 9.47 Å². The van der Waals surface area contributed by atoms with Crippen molar-refractivity contribution in [2.45, 2.75) is 13.3 Å². The smallest absolute Gasteiger partial charge is 0.129 e. The zero-order chi connectivity index (χ0) is 16.9. The molecule has 0 radical (unpaired) electrons. The Morgan fingerprint density at radius 1 is 1.17 bits per heavy atom. The lowest BCUT2D eigenvalue weighted by molar-refractivity contribution is 0.393. The molecule has 0 bridgehead atoms. The Hall–Kier alpha value is -2.62. The third kappa shape index (κ3) is 3.32. The van der Waals surface area contributed by atoms with Crippen molar-refractivity contribution >= 4 is 11.8 Å². The molecule has 0 unspecified atom stereocenters. The highest BCUT2D eigenvalue weighted by atomic mass is 16.5. The van der Waals surface area contributed by atoms with Crippen LogP contribution in [-0.4, -0.2) is 31.5 Å². The standard InChI is InChI=1S/C20H22N2O2/c1-14-8-10-22-20(16-5-4-9-21-13-16)18(14)11-15-6-7-17(23-2)12-19(15)24-3/h4-7,9,11-14H,8,10H2,1-3H3/b18-11+/t14-/m0/s1.